The molecule has 2 amide bonds. The minimum absolute atomic E-state index is 0.0453. The van der Waals surface area contributed by atoms with E-state index in [4.69, 9.17) is 13.6 Å². The van der Waals surface area contributed by atoms with E-state index in [0.29, 0.717) is 23.6 Å². The molecule has 4 N–H and O–H groups in total. The second-order valence-corrected chi connectivity index (χ2v) is 11.6. The zero-order valence-corrected chi connectivity index (χ0v) is 23.2. The average molecular weight is 588 g/mol. The van der Waals surface area contributed by atoms with Crippen molar-refractivity contribution < 1.29 is 43.0 Å². The zero-order valence-electron chi connectivity index (χ0n) is 22.4. The molecule has 0 radical (unpaired) electrons. The van der Waals surface area contributed by atoms with Crippen LogP contribution in [0.25, 0.3) is 0 Å². The van der Waals surface area contributed by atoms with E-state index in [0.717, 1.165) is 0 Å². The third-order valence-corrected chi connectivity index (χ3v) is 9.06. The van der Waals surface area contributed by atoms with Gasteiger partial charge in [-0.2, -0.15) is 0 Å². The number of carbonyl (C=O) groups excluding carboxylic acids is 3. The highest BCUT2D eigenvalue weighted by Crippen LogP contribution is 2.51. The number of carbonyl (C=O) groups is 4. The van der Waals surface area contributed by atoms with Crippen molar-refractivity contribution >= 4 is 41.2 Å². The number of amides is 2. The number of nitrogens with one attached hydrogen (secondary N) is 2. The normalized spacial score (nSPS) is 26.0. The molecule has 1 aromatic carbocycles. The Morgan fingerprint density at radius 1 is 1.27 bits per heavy atom. The van der Waals surface area contributed by atoms with Crippen molar-refractivity contribution in [3.8, 4) is 0 Å². The van der Waals surface area contributed by atoms with Gasteiger partial charge < -0.3 is 39.3 Å². The number of fused-ring (bicyclic) bond motifs is 1. The number of carboxylic acid groups (broad SMARTS) is 1. The van der Waals surface area contributed by atoms with Crippen molar-refractivity contribution in [2.24, 2.45) is 11.8 Å². The molecule has 13 nitrogen and oxygen atoms in total. The SMILES string of the molecule is Cc1oc(=O)oc1COC(=O)c1cccc(NC(=O)[C@@H]2C[C@H](SC3=C(C(=O)O)N4C(=O)[C@H]([C@@H](C)O)[C@H]4[C@H]3C)CN2)c1. The molecule has 6 atom stereocenters. The van der Waals surface area contributed by atoms with Crippen molar-refractivity contribution in [2.75, 3.05) is 11.9 Å². The Bertz CT molecular complexity index is 1490. The van der Waals surface area contributed by atoms with E-state index in [2.05, 4.69) is 10.6 Å². The van der Waals surface area contributed by atoms with Gasteiger partial charge in [-0.3, -0.25) is 9.59 Å². The number of β-lactam (4-membered cyclic amide) rings is 1. The third kappa shape index (κ3) is 5.42. The second-order valence-electron chi connectivity index (χ2n) is 10.3. The molecule has 2 saturated heterocycles. The molecule has 0 aliphatic carbocycles. The number of aliphatic hydroxyl groups is 1. The number of aliphatic carboxylic acids is 1. The molecule has 0 saturated carbocycles. The van der Waals surface area contributed by atoms with Crippen LogP contribution in [0.1, 0.15) is 42.1 Å². The molecule has 3 aliphatic rings. The number of carboxylic acids is 1. The maximum atomic E-state index is 13.0. The number of benzene rings is 1. The molecule has 218 valence electrons. The van der Waals surface area contributed by atoms with Gasteiger partial charge >= 0.3 is 17.8 Å². The first-order valence-electron chi connectivity index (χ1n) is 13.0. The number of hydrogen-bond donors (Lipinski definition) is 4. The Morgan fingerprint density at radius 2 is 2.02 bits per heavy atom. The largest absolute Gasteiger partial charge is 0.519 e. The highest BCUT2D eigenvalue weighted by molar-refractivity contribution is 8.03. The maximum absolute atomic E-state index is 13.0. The Hall–Kier alpha value is -3.88. The topological polar surface area (TPSA) is 189 Å². The van der Waals surface area contributed by atoms with Crippen LogP contribution in [0.2, 0.25) is 0 Å². The van der Waals surface area contributed by atoms with Gasteiger partial charge in [-0.15, -0.1) is 11.8 Å². The van der Waals surface area contributed by atoms with Crippen molar-refractivity contribution in [3.05, 3.63) is 62.6 Å². The number of aliphatic hydroxyl groups excluding tert-OH is 1. The van der Waals surface area contributed by atoms with Crippen LogP contribution in [-0.4, -0.2) is 68.8 Å². The number of rotatable bonds is 9. The van der Waals surface area contributed by atoms with Crippen LogP contribution < -0.4 is 16.5 Å². The molecule has 2 fully saturated rings. The summed E-state index contributed by atoms with van der Waals surface area (Å²) in [5, 5.41) is 25.7. The minimum Gasteiger partial charge on any atom is -0.477 e. The Kier molecular flexibility index (Phi) is 7.81. The van der Waals surface area contributed by atoms with Gasteiger partial charge in [-0.05, 0) is 38.5 Å². The predicted octanol–water partition coefficient (Wildman–Crippen LogP) is 1.45. The van der Waals surface area contributed by atoms with Crippen molar-refractivity contribution in [1.82, 2.24) is 10.2 Å². The lowest BCUT2D eigenvalue weighted by molar-refractivity contribution is -0.163. The van der Waals surface area contributed by atoms with Gasteiger partial charge in [0.2, 0.25) is 11.8 Å². The summed E-state index contributed by atoms with van der Waals surface area (Å²) >= 11 is 1.35. The van der Waals surface area contributed by atoms with Crippen LogP contribution in [0, 0.1) is 18.8 Å². The number of anilines is 1. The summed E-state index contributed by atoms with van der Waals surface area (Å²) in [5.74, 6) is -4.06. The fraction of sp³-hybridized carbons (Fsp3) is 0.444. The van der Waals surface area contributed by atoms with Crippen LogP contribution >= 0.6 is 11.8 Å². The van der Waals surface area contributed by atoms with Gasteiger partial charge in [0, 0.05) is 28.3 Å². The predicted molar refractivity (Wildman–Crippen MR) is 144 cm³/mol. The summed E-state index contributed by atoms with van der Waals surface area (Å²) in [7, 11) is 0. The number of aryl methyl sites for hydroxylation is 1. The van der Waals surface area contributed by atoms with E-state index in [1.807, 2.05) is 6.92 Å². The first-order chi connectivity index (χ1) is 19.5. The third-order valence-electron chi connectivity index (χ3n) is 7.55. The molecule has 5 rings (SSSR count). The van der Waals surface area contributed by atoms with Crippen LogP contribution in [0.5, 0.6) is 0 Å². The molecule has 4 heterocycles. The molecule has 3 aliphatic heterocycles. The molecule has 41 heavy (non-hydrogen) atoms. The van der Waals surface area contributed by atoms with Gasteiger partial charge in [0.05, 0.1) is 29.7 Å². The smallest absolute Gasteiger partial charge is 0.477 e. The van der Waals surface area contributed by atoms with E-state index < -0.39 is 41.9 Å². The van der Waals surface area contributed by atoms with Crippen molar-refractivity contribution in [2.45, 2.75) is 57.2 Å². The lowest BCUT2D eigenvalue weighted by Crippen LogP contribution is -2.63. The van der Waals surface area contributed by atoms with E-state index in [1.165, 1.54) is 42.6 Å². The molecule has 0 unspecified atom stereocenters. The number of thioether (sulfide) groups is 1. The van der Waals surface area contributed by atoms with Gasteiger partial charge in [0.1, 0.15) is 5.70 Å². The molecule has 14 heteroatoms. The summed E-state index contributed by atoms with van der Waals surface area (Å²) in [5.41, 5.74) is 0.508. The molecule has 2 aromatic rings. The number of ether oxygens (including phenoxy) is 1. The number of esters is 1. The minimum atomic E-state index is -1.19. The van der Waals surface area contributed by atoms with Gasteiger partial charge in [0.25, 0.3) is 0 Å². The molecular formula is C27H29N3O10S. The molecule has 0 bridgehead atoms. The van der Waals surface area contributed by atoms with Gasteiger partial charge in [0.15, 0.2) is 18.1 Å². The molecule has 1 aromatic heterocycles. The standard InChI is InChI=1S/C27H29N3O10S/c1-11-20-19(12(2)31)24(33)30(20)21(25(34)35)22(11)41-16-8-17(28-9-16)23(32)29-15-6-4-5-14(7-15)26(36)38-10-18-13(3)39-27(37)40-18/h4-7,11-12,16-17,19-20,28,31H,8-10H2,1-3H3,(H,29,32)(H,34,35)/t11-,12-,16+,17+,19-,20-/m1/s1. The molecule has 0 spiro atoms. The number of hydrogen-bond acceptors (Lipinski definition) is 11. The average Bonchev–Trinajstić information content (AvgIpc) is 3.58. The number of nitrogens with zero attached hydrogens (tertiary/aromatic N) is 1. The highest BCUT2D eigenvalue weighted by Gasteiger charge is 2.60. The van der Waals surface area contributed by atoms with E-state index in [1.54, 1.807) is 12.1 Å². The fourth-order valence-electron chi connectivity index (χ4n) is 5.53. The summed E-state index contributed by atoms with van der Waals surface area (Å²) in [6.45, 7) is 5.05. The summed E-state index contributed by atoms with van der Waals surface area (Å²) in [4.78, 5) is 63.1. The first kappa shape index (κ1) is 28.6. The summed E-state index contributed by atoms with van der Waals surface area (Å²) in [6.07, 6.45) is -0.468. The Morgan fingerprint density at radius 3 is 2.68 bits per heavy atom. The Labute approximate surface area is 237 Å². The van der Waals surface area contributed by atoms with Crippen molar-refractivity contribution in [3.63, 3.8) is 0 Å². The lowest BCUT2D eigenvalue weighted by Gasteiger charge is -2.46. The van der Waals surface area contributed by atoms with Crippen LogP contribution in [-0.2, 0) is 25.7 Å². The Balaban J connectivity index is 1.19. The van der Waals surface area contributed by atoms with E-state index >= 15 is 0 Å². The van der Waals surface area contributed by atoms with Crippen LogP contribution in [0.3, 0.4) is 0 Å². The molecular weight excluding hydrogens is 558 g/mol. The summed E-state index contributed by atoms with van der Waals surface area (Å²) in [6, 6.07) is 5.23. The fourth-order valence-corrected chi connectivity index (χ4v) is 7.00. The summed E-state index contributed by atoms with van der Waals surface area (Å²) < 4.78 is 14.7. The van der Waals surface area contributed by atoms with Gasteiger partial charge in [-0.25, -0.2) is 14.4 Å². The zero-order chi connectivity index (χ0) is 29.6. The first-order valence-corrected chi connectivity index (χ1v) is 13.9. The second kappa shape index (κ2) is 11.2. The van der Waals surface area contributed by atoms with E-state index in [-0.39, 0.29) is 52.4 Å². The quantitative estimate of drug-likeness (QED) is 0.245. The highest BCUT2D eigenvalue weighted by atomic mass is 32.2. The van der Waals surface area contributed by atoms with Crippen molar-refractivity contribution in [1.29, 1.82) is 0 Å². The lowest BCUT2D eigenvalue weighted by atomic mass is 9.79. The van der Waals surface area contributed by atoms with Crippen LogP contribution in [0.4, 0.5) is 5.69 Å². The van der Waals surface area contributed by atoms with E-state index in [9.17, 15) is 34.2 Å². The van der Waals surface area contributed by atoms with Crippen LogP contribution in [0.15, 0.2) is 48.5 Å². The monoisotopic (exact) mass is 587 g/mol. The van der Waals surface area contributed by atoms with Gasteiger partial charge in [-0.1, -0.05) is 13.0 Å². The maximum Gasteiger partial charge on any atom is 0.519 e.